The second-order valence-corrected chi connectivity index (χ2v) is 7.39. The van der Waals surface area contributed by atoms with Crippen LogP contribution >= 0.6 is 22.6 Å². The van der Waals surface area contributed by atoms with Crippen molar-refractivity contribution in [1.29, 1.82) is 0 Å². The minimum Gasteiger partial charge on any atom is -0.444 e. The van der Waals surface area contributed by atoms with Crippen molar-refractivity contribution in [2.45, 2.75) is 45.4 Å². The highest BCUT2D eigenvalue weighted by atomic mass is 127. The van der Waals surface area contributed by atoms with Crippen molar-refractivity contribution in [1.82, 2.24) is 4.90 Å². The first kappa shape index (κ1) is 15.6. The van der Waals surface area contributed by atoms with Crippen LogP contribution in [-0.4, -0.2) is 23.1 Å². The molecule has 0 unspecified atom stereocenters. The molecular formula is C15H21IN2O2. The molecule has 2 rings (SSSR count). The first-order valence-corrected chi connectivity index (χ1v) is 7.86. The molecule has 0 radical (unpaired) electrons. The highest BCUT2D eigenvalue weighted by Crippen LogP contribution is 2.27. The third-order valence-electron chi connectivity index (χ3n) is 3.23. The lowest BCUT2D eigenvalue weighted by Gasteiger charge is -2.26. The lowest BCUT2D eigenvalue weighted by atomic mass is 10.0. The van der Waals surface area contributed by atoms with Gasteiger partial charge in [-0.3, -0.25) is 0 Å². The van der Waals surface area contributed by atoms with Crippen LogP contribution < -0.4 is 5.73 Å². The number of amides is 1. The van der Waals surface area contributed by atoms with Crippen LogP contribution in [0.1, 0.15) is 44.4 Å². The molecule has 1 amide bonds. The Morgan fingerprint density at radius 1 is 1.45 bits per heavy atom. The van der Waals surface area contributed by atoms with Gasteiger partial charge in [0.1, 0.15) is 5.60 Å². The summed E-state index contributed by atoms with van der Waals surface area (Å²) < 4.78 is 6.61. The molecule has 0 fully saturated rings. The summed E-state index contributed by atoms with van der Waals surface area (Å²) in [7, 11) is 0. The minimum absolute atomic E-state index is 0.0190. The van der Waals surface area contributed by atoms with E-state index in [0.29, 0.717) is 13.1 Å². The normalized spacial score (nSPS) is 19.2. The van der Waals surface area contributed by atoms with Crippen LogP contribution in [0.4, 0.5) is 4.79 Å². The molecule has 1 heterocycles. The number of carbonyl (C=O) groups is 1. The summed E-state index contributed by atoms with van der Waals surface area (Å²) in [6.45, 7) is 6.83. The van der Waals surface area contributed by atoms with E-state index in [-0.39, 0.29) is 12.1 Å². The predicted molar refractivity (Wildman–Crippen MR) is 87.3 cm³/mol. The number of fused-ring (bicyclic) bond motifs is 1. The molecule has 5 heteroatoms. The fourth-order valence-corrected chi connectivity index (χ4v) is 2.85. The van der Waals surface area contributed by atoms with Gasteiger partial charge in [-0.15, -0.1) is 0 Å². The van der Waals surface area contributed by atoms with E-state index in [2.05, 4.69) is 40.8 Å². The molecule has 1 atom stereocenters. The maximum atomic E-state index is 12.2. The summed E-state index contributed by atoms with van der Waals surface area (Å²) in [6, 6.07) is 6.20. The molecule has 0 aromatic heterocycles. The summed E-state index contributed by atoms with van der Waals surface area (Å²) in [5.41, 5.74) is 7.99. The molecule has 1 aromatic rings. The third-order valence-corrected chi connectivity index (χ3v) is 3.90. The zero-order chi connectivity index (χ0) is 14.9. The van der Waals surface area contributed by atoms with Crippen LogP contribution in [0, 0.1) is 3.57 Å². The molecule has 4 nitrogen and oxygen atoms in total. The number of nitrogens with two attached hydrogens (primary N) is 1. The summed E-state index contributed by atoms with van der Waals surface area (Å²) >= 11 is 2.28. The van der Waals surface area contributed by atoms with Gasteiger partial charge in [-0.2, -0.15) is 0 Å². The molecule has 0 bridgehead atoms. The van der Waals surface area contributed by atoms with Crippen molar-refractivity contribution in [2.24, 2.45) is 5.73 Å². The number of halogens is 1. The van der Waals surface area contributed by atoms with Gasteiger partial charge in [-0.25, -0.2) is 4.79 Å². The Hall–Kier alpha value is -0.820. The van der Waals surface area contributed by atoms with E-state index in [1.54, 1.807) is 4.90 Å². The summed E-state index contributed by atoms with van der Waals surface area (Å²) in [5.74, 6) is 0. The zero-order valence-corrected chi connectivity index (χ0v) is 14.3. The first-order chi connectivity index (χ1) is 9.26. The number of carbonyl (C=O) groups excluding carboxylic acids is 1. The SMILES string of the molecule is CC(C)(C)OC(=O)N1CC[C@@H](N)c2ccc(I)cc2C1. The van der Waals surface area contributed by atoms with Gasteiger partial charge in [0.15, 0.2) is 0 Å². The fourth-order valence-electron chi connectivity index (χ4n) is 2.29. The Bertz CT molecular complexity index is 511. The van der Waals surface area contributed by atoms with E-state index < -0.39 is 5.60 Å². The third kappa shape index (κ3) is 3.85. The standard InChI is InChI=1S/C15H21IN2O2/c1-15(2,3)20-14(19)18-7-6-13(17)12-5-4-11(16)8-10(12)9-18/h4-5,8,13H,6-7,9,17H2,1-3H3/t13-/m1/s1. The monoisotopic (exact) mass is 388 g/mol. The largest absolute Gasteiger partial charge is 0.444 e. The molecule has 20 heavy (non-hydrogen) atoms. The minimum atomic E-state index is -0.473. The van der Waals surface area contributed by atoms with Crippen molar-refractivity contribution in [3.05, 3.63) is 32.9 Å². The maximum Gasteiger partial charge on any atom is 0.410 e. The molecular weight excluding hydrogens is 367 g/mol. The molecule has 0 saturated heterocycles. The van der Waals surface area contributed by atoms with E-state index in [1.165, 1.54) is 0 Å². The van der Waals surface area contributed by atoms with Gasteiger partial charge in [0.25, 0.3) is 0 Å². The molecule has 0 aliphatic carbocycles. The Kier molecular flexibility index (Phi) is 4.59. The van der Waals surface area contributed by atoms with E-state index >= 15 is 0 Å². The molecule has 110 valence electrons. The number of hydrogen-bond donors (Lipinski definition) is 1. The number of ether oxygens (including phenoxy) is 1. The van der Waals surface area contributed by atoms with E-state index in [0.717, 1.165) is 21.1 Å². The Labute approximate surface area is 133 Å². The fraction of sp³-hybridized carbons (Fsp3) is 0.533. The van der Waals surface area contributed by atoms with Crippen molar-refractivity contribution >= 4 is 28.7 Å². The van der Waals surface area contributed by atoms with Gasteiger partial charge in [0.2, 0.25) is 0 Å². The summed E-state index contributed by atoms with van der Waals surface area (Å²) in [4.78, 5) is 14.0. The van der Waals surface area contributed by atoms with Crippen LogP contribution in [0.5, 0.6) is 0 Å². The smallest absolute Gasteiger partial charge is 0.410 e. The lowest BCUT2D eigenvalue weighted by Crippen LogP contribution is -2.36. The maximum absolute atomic E-state index is 12.2. The van der Waals surface area contributed by atoms with Gasteiger partial charge in [-0.1, -0.05) is 6.07 Å². The molecule has 2 N–H and O–H groups in total. The van der Waals surface area contributed by atoms with E-state index in [9.17, 15) is 4.79 Å². The summed E-state index contributed by atoms with van der Waals surface area (Å²) in [6.07, 6.45) is 0.490. The van der Waals surface area contributed by atoms with E-state index in [4.69, 9.17) is 10.5 Å². The second kappa shape index (κ2) is 5.89. The average Bonchev–Trinajstić information content (AvgIpc) is 2.46. The molecule has 1 aliphatic rings. The molecule has 1 aliphatic heterocycles. The number of nitrogens with zero attached hydrogens (tertiary/aromatic N) is 1. The van der Waals surface area contributed by atoms with Crippen LogP contribution in [0.3, 0.4) is 0 Å². The van der Waals surface area contributed by atoms with Gasteiger partial charge in [-0.05, 0) is 73.0 Å². The highest BCUT2D eigenvalue weighted by molar-refractivity contribution is 14.1. The quantitative estimate of drug-likeness (QED) is 0.693. The topological polar surface area (TPSA) is 55.6 Å². The van der Waals surface area contributed by atoms with Crippen LogP contribution in [-0.2, 0) is 11.3 Å². The number of benzene rings is 1. The van der Waals surface area contributed by atoms with Gasteiger partial charge >= 0.3 is 6.09 Å². The first-order valence-electron chi connectivity index (χ1n) is 6.78. The van der Waals surface area contributed by atoms with E-state index in [1.807, 2.05) is 20.8 Å². The highest BCUT2D eigenvalue weighted by Gasteiger charge is 2.26. The Balaban J connectivity index is 2.22. The summed E-state index contributed by atoms with van der Waals surface area (Å²) in [5, 5.41) is 0. The van der Waals surface area contributed by atoms with Gasteiger partial charge in [0, 0.05) is 22.7 Å². The lowest BCUT2D eigenvalue weighted by molar-refractivity contribution is 0.0235. The van der Waals surface area contributed by atoms with Crippen molar-refractivity contribution in [3.63, 3.8) is 0 Å². The number of hydrogen-bond acceptors (Lipinski definition) is 3. The van der Waals surface area contributed by atoms with Crippen molar-refractivity contribution < 1.29 is 9.53 Å². The molecule has 0 spiro atoms. The Morgan fingerprint density at radius 3 is 2.80 bits per heavy atom. The zero-order valence-electron chi connectivity index (χ0n) is 12.1. The van der Waals surface area contributed by atoms with Crippen molar-refractivity contribution in [2.75, 3.05) is 6.54 Å². The Morgan fingerprint density at radius 2 is 2.15 bits per heavy atom. The molecule has 0 saturated carbocycles. The van der Waals surface area contributed by atoms with Gasteiger partial charge in [0.05, 0.1) is 0 Å². The van der Waals surface area contributed by atoms with Crippen LogP contribution in [0.25, 0.3) is 0 Å². The molecule has 1 aromatic carbocycles. The average molecular weight is 388 g/mol. The van der Waals surface area contributed by atoms with Gasteiger partial charge < -0.3 is 15.4 Å². The number of rotatable bonds is 0. The van der Waals surface area contributed by atoms with Crippen LogP contribution in [0.2, 0.25) is 0 Å². The second-order valence-electron chi connectivity index (χ2n) is 6.14. The van der Waals surface area contributed by atoms with Crippen molar-refractivity contribution in [3.8, 4) is 0 Å². The predicted octanol–water partition coefficient (Wildman–Crippen LogP) is 3.43. The van der Waals surface area contributed by atoms with Crippen LogP contribution in [0.15, 0.2) is 18.2 Å².